The third-order valence-corrected chi connectivity index (χ3v) is 2.78. The van der Waals surface area contributed by atoms with E-state index in [9.17, 15) is 4.79 Å². The van der Waals surface area contributed by atoms with Gasteiger partial charge in [-0.25, -0.2) is 0 Å². The highest BCUT2D eigenvalue weighted by Gasteiger charge is 2.05. The van der Waals surface area contributed by atoms with Crippen molar-refractivity contribution in [3.8, 4) is 0 Å². The quantitative estimate of drug-likeness (QED) is 0.857. The number of nitrogens with zero attached hydrogens (tertiary/aromatic N) is 1. The van der Waals surface area contributed by atoms with E-state index in [0.29, 0.717) is 12.2 Å². The van der Waals surface area contributed by atoms with E-state index in [0.717, 1.165) is 4.88 Å². The Morgan fingerprint density at radius 3 is 2.93 bits per heavy atom. The Morgan fingerprint density at radius 2 is 2.27 bits per heavy atom. The topological polar surface area (TPSA) is 42.0 Å². The van der Waals surface area contributed by atoms with Crippen molar-refractivity contribution >= 4 is 17.2 Å². The molecular weight excluding hydrogens is 208 g/mol. The average molecular weight is 218 g/mol. The third-order valence-electron chi connectivity index (χ3n) is 1.90. The number of carbonyl (C=O) groups is 1. The number of hydrogen-bond donors (Lipinski definition) is 1. The van der Waals surface area contributed by atoms with E-state index in [1.54, 1.807) is 35.7 Å². The molecule has 2 aromatic heterocycles. The van der Waals surface area contributed by atoms with E-state index >= 15 is 0 Å². The van der Waals surface area contributed by atoms with Crippen molar-refractivity contribution in [1.29, 1.82) is 0 Å². The van der Waals surface area contributed by atoms with Crippen LogP contribution in [0.4, 0.5) is 0 Å². The molecular formula is C11H10N2OS. The lowest BCUT2D eigenvalue weighted by Crippen LogP contribution is -2.23. The molecule has 1 amide bonds. The van der Waals surface area contributed by atoms with E-state index in [1.165, 1.54) is 0 Å². The van der Waals surface area contributed by atoms with Crippen LogP contribution >= 0.6 is 11.3 Å². The van der Waals surface area contributed by atoms with Crippen LogP contribution in [0, 0.1) is 0 Å². The first-order valence-electron chi connectivity index (χ1n) is 4.58. The predicted molar refractivity (Wildman–Crippen MR) is 59.7 cm³/mol. The van der Waals surface area contributed by atoms with Crippen LogP contribution in [0.25, 0.3) is 0 Å². The number of rotatable bonds is 3. The Labute approximate surface area is 91.8 Å². The maximum atomic E-state index is 11.6. The average Bonchev–Trinajstić information content (AvgIpc) is 2.80. The minimum absolute atomic E-state index is 0.135. The van der Waals surface area contributed by atoms with Crippen molar-refractivity contribution in [3.63, 3.8) is 0 Å². The lowest BCUT2D eigenvalue weighted by atomic mass is 10.3. The summed E-state index contributed by atoms with van der Waals surface area (Å²) in [5, 5.41) is 4.80. The summed E-state index contributed by atoms with van der Waals surface area (Å²) in [6, 6.07) is 9.24. The summed E-state index contributed by atoms with van der Waals surface area (Å²) < 4.78 is 0. The molecule has 0 aliphatic rings. The molecule has 0 aliphatic carbocycles. The Kier molecular flexibility index (Phi) is 3.09. The van der Waals surface area contributed by atoms with Crippen LogP contribution in [0.15, 0.2) is 41.9 Å². The fourth-order valence-corrected chi connectivity index (χ4v) is 1.81. The van der Waals surface area contributed by atoms with Gasteiger partial charge >= 0.3 is 0 Å². The molecule has 2 aromatic rings. The minimum Gasteiger partial charge on any atom is -0.346 e. The Bertz CT molecular complexity index is 425. The molecule has 15 heavy (non-hydrogen) atoms. The first-order chi connectivity index (χ1) is 7.36. The lowest BCUT2D eigenvalue weighted by molar-refractivity contribution is 0.0946. The summed E-state index contributed by atoms with van der Waals surface area (Å²) in [6.07, 6.45) is 1.61. The van der Waals surface area contributed by atoms with Crippen molar-refractivity contribution in [2.24, 2.45) is 0 Å². The fourth-order valence-electron chi connectivity index (χ4n) is 1.17. The van der Waals surface area contributed by atoms with Crippen LogP contribution in [0.2, 0.25) is 0 Å². The Balaban J connectivity index is 1.94. The molecule has 0 saturated carbocycles. The molecule has 4 heteroatoms. The van der Waals surface area contributed by atoms with Crippen molar-refractivity contribution < 1.29 is 4.79 Å². The maximum absolute atomic E-state index is 11.6. The van der Waals surface area contributed by atoms with Crippen LogP contribution in [-0.4, -0.2) is 10.9 Å². The van der Waals surface area contributed by atoms with Gasteiger partial charge in [0.1, 0.15) is 5.69 Å². The van der Waals surface area contributed by atoms with E-state index in [2.05, 4.69) is 10.3 Å². The molecule has 0 aromatic carbocycles. The summed E-state index contributed by atoms with van der Waals surface area (Å²) in [4.78, 5) is 16.7. The molecule has 0 unspecified atom stereocenters. The van der Waals surface area contributed by atoms with E-state index in [-0.39, 0.29) is 5.91 Å². The SMILES string of the molecule is O=C(NCc1cccs1)c1ccccn1. The first kappa shape index (κ1) is 9.86. The zero-order valence-corrected chi connectivity index (χ0v) is 8.83. The van der Waals surface area contributed by atoms with Gasteiger partial charge in [-0.15, -0.1) is 11.3 Å². The smallest absolute Gasteiger partial charge is 0.270 e. The van der Waals surface area contributed by atoms with Gasteiger partial charge in [-0.1, -0.05) is 12.1 Å². The second-order valence-electron chi connectivity index (χ2n) is 2.98. The summed E-state index contributed by atoms with van der Waals surface area (Å²) in [7, 11) is 0. The molecule has 0 atom stereocenters. The number of pyridine rings is 1. The second-order valence-corrected chi connectivity index (χ2v) is 4.01. The van der Waals surface area contributed by atoms with Gasteiger partial charge in [-0.05, 0) is 23.6 Å². The first-order valence-corrected chi connectivity index (χ1v) is 5.46. The van der Waals surface area contributed by atoms with Crippen molar-refractivity contribution in [3.05, 3.63) is 52.5 Å². The third kappa shape index (κ3) is 2.63. The number of amides is 1. The minimum atomic E-state index is -0.135. The standard InChI is InChI=1S/C11H10N2OS/c14-11(10-5-1-2-6-12-10)13-8-9-4-3-7-15-9/h1-7H,8H2,(H,13,14). The van der Waals surface area contributed by atoms with Gasteiger partial charge in [0.2, 0.25) is 0 Å². The largest absolute Gasteiger partial charge is 0.346 e. The van der Waals surface area contributed by atoms with Crippen LogP contribution in [0.5, 0.6) is 0 Å². The maximum Gasteiger partial charge on any atom is 0.270 e. The molecule has 2 heterocycles. The lowest BCUT2D eigenvalue weighted by Gasteiger charge is -2.01. The molecule has 0 fully saturated rings. The summed E-state index contributed by atoms with van der Waals surface area (Å²) in [5.74, 6) is -0.135. The van der Waals surface area contributed by atoms with Crippen molar-refractivity contribution in [2.75, 3.05) is 0 Å². The van der Waals surface area contributed by atoms with Gasteiger partial charge < -0.3 is 5.32 Å². The molecule has 76 valence electrons. The molecule has 0 spiro atoms. The molecule has 0 aliphatic heterocycles. The molecule has 3 nitrogen and oxygen atoms in total. The van der Waals surface area contributed by atoms with Gasteiger partial charge in [0.15, 0.2) is 0 Å². The van der Waals surface area contributed by atoms with E-state index < -0.39 is 0 Å². The molecule has 0 bridgehead atoms. The number of aromatic nitrogens is 1. The Morgan fingerprint density at radius 1 is 1.33 bits per heavy atom. The number of nitrogens with one attached hydrogen (secondary N) is 1. The number of thiophene rings is 1. The van der Waals surface area contributed by atoms with Gasteiger partial charge in [-0.3, -0.25) is 9.78 Å². The van der Waals surface area contributed by atoms with E-state index in [1.807, 2.05) is 17.5 Å². The van der Waals surface area contributed by atoms with Crippen molar-refractivity contribution in [1.82, 2.24) is 10.3 Å². The zero-order valence-electron chi connectivity index (χ0n) is 8.01. The monoisotopic (exact) mass is 218 g/mol. The molecule has 0 radical (unpaired) electrons. The van der Waals surface area contributed by atoms with Crippen molar-refractivity contribution in [2.45, 2.75) is 6.54 Å². The summed E-state index contributed by atoms with van der Waals surface area (Å²) in [5.41, 5.74) is 0.453. The van der Waals surface area contributed by atoms with Crippen LogP contribution in [0.1, 0.15) is 15.4 Å². The second kappa shape index (κ2) is 4.70. The normalized spacial score (nSPS) is 9.87. The highest BCUT2D eigenvalue weighted by molar-refractivity contribution is 7.09. The molecule has 0 saturated heterocycles. The number of carbonyl (C=O) groups excluding carboxylic acids is 1. The predicted octanol–water partition coefficient (Wildman–Crippen LogP) is 2.07. The zero-order chi connectivity index (χ0) is 10.5. The fraction of sp³-hybridized carbons (Fsp3) is 0.0909. The van der Waals surface area contributed by atoms with Gasteiger partial charge in [0, 0.05) is 11.1 Å². The van der Waals surface area contributed by atoms with E-state index in [4.69, 9.17) is 0 Å². The highest BCUT2D eigenvalue weighted by atomic mass is 32.1. The summed E-state index contributed by atoms with van der Waals surface area (Å²) in [6.45, 7) is 0.563. The van der Waals surface area contributed by atoms with Gasteiger partial charge in [0.25, 0.3) is 5.91 Å². The highest BCUT2D eigenvalue weighted by Crippen LogP contribution is 2.07. The Hall–Kier alpha value is -1.68. The molecule has 1 N–H and O–H groups in total. The van der Waals surface area contributed by atoms with Crippen LogP contribution in [0.3, 0.4) is 0 Å². The number of hydrogen-bond acceptors (Lipinski definition) is 3. The molecule has 2 rings (SSSR count). The summed E-state index contributed by atoms with van der Waals surface area (Å²) >= 11 is 1.62. The van der Waals surface area contributed by atoms with Crippen LogP contribution in [-0.2, 0) is 6.54 Å². The van der Waals surface area contributed by atoms with Gasteiger partial charge in [0.05, 0.1) is 6.54 Å². The van der Waals surface area contributed by atoms with Gasteiger partial charge in [-0.2, -0.15) is 0 Å². The van der Waals surface area contributed by atoms with Crippen LogP contribution < -0.4 is 5.32 Å².